The van der Waals surface area contributed by atoms with E-state index in [-0.39, 0.29) is 40.0 Å². The zero-order valence-corrected chi connectivity index (χ0v) is 13.7. The van der Waals surface area contributed by atoms with Gasteiger partial charge >= 0.3 is 0 Å². The third-order valence-electron chi connectivity index (χ3n) is 2.15. The number of fused-ring (bicyclic) bond motifs is 1. The molecule has 0 radical (unpaired) electrons. The van der Waals surface area contributed by atoms with Crippen LogP contribution in [0.15, 0.2) is 72.8 Å². The minimum atomic E-state index is 0. The van der Waals surface area contributed by atoms with E-state index in [0.717, 1.165) is 0 Å². The van der Waals surface area contributed by atoms with E-state index in [1.54, 1.807) is 0 Å². The van der Waals surface area contributed by atoms with Crippen LogP contribution < -0.4 is 0 Å². The fraction of sp³-hybridized carbons (Fsp3) is 0. The Hall–Kier alpha value is -1.29. The summed E-state index contributed by atoms with van der Waals surface area (Å²) >= 11 is 0. The summed E-state index contributed by atoms with van der Waals surface area (Å²) in [7, 11) is 0. The van der Waals surface area contributed by atoms with Gasteiger partial charge in [0.15, 0.2) is 0 Å². The zero-order valence-electron chi connectivity index (χ0n) is 10.2. The summed E-state index contributed by atoms with van der Waals surface area (Å²) in [6, 6.07) is 27.2. The van der Waals surface area contributed by atoms with Crippen LogP contribution in [0.5, 0.6) is 0 Å². The molecule has 0 unspecified atom stereocenters. The normalized spacial score (nSPS) is 7.37. The van der Waals surface area contributed by atoms with Crippen molar-refractivity contribution in [2.24, 2.45) is 0 Å². The summed E-state index contributed by atoms with van der Waals surface area (Å²) in [6.07, 6.45) is 0. The smallest absolute Gasteiger partial charge is 0 e. The van der Waals surface area contributed by atoms with E-state index in [1.807, 2.05) is 30.3 Å². The van der Waals surface area contributed by atoms with Crippen molar-refractivity contribution in [1.82, 2.24) is 0 Å². The SMILES string of the molecule is F.F.F.[Hf].[c-]1ccccc1.c1ccc2[cH-]ccc2c1. The van der Waals surface area contributed by atoms with Gasteiger partial charge in [-0.15, -0.1) is 29.7 Å². The molecule has 0 heterocycles. The van der Waals surface area contributed by atoms with Crippen LogP contribution in [0.4, 0.5) is 14.1 Å². The first kappa shape index (κ1) is 22.9. The van der Waals surface area contributed by atoms with E-state index in [4.69, 9.17) is 0 Å². The predicted molar refractivity (Wildman–Crippen MR) is 72.3 cm³/mol. The van der Waals surface area contributed by atoms with Crippen LogP contribution in [-0.2, 0) is 25.8 Å². The molecule has 102 valence electrons. The van der Waals surface area contributed by atoms with Crippen molar-refractivity contribution in [3.05, 3.63) is 78.9 Å². The molecular weight excluding hydrogens is 416 g/mol. The Morgan fingerprint density at radius 3 is 1.84 bits per heavy atom. The second-order valence-corrected chi connectivity index (χ2v) is 3.23. The van der Waals surface area contributed by atoms with Crippen molar-refractivity contribution in [2.45, 2.75) is 0 Å². The minimum absolute atomic E-state index is 0. The Morgan fingerprint density at radius 1 is 0.737 bits per heavy atom. The Kier molecular flexibility index (Phi) is 15.8. The molecule has 0 bridgehead atoms. The van der Waals surface area contributed by atoms with Crippen LogP contribution in [0, 0.1) is 6.07 Å². The van der Waals surface area contributed by atoms with E-state index in [2.05, 4.69) is 48.5 Å². The van der Waals surface area contributed by atoms with E-state index in [0.29, 0.717) is 0 Å². The van der Waals surface area contributed by atoms with Crippen molar-refractivity contribution < 1.29 is 40.0 Å². The van der Waals surface area contributed by atoms with Crippen LogP contribution in [0.25, 0.3) is 10.8 Å². The maximum Gasteiger partial charge on any atom is 0 e. The van der Waals surface area contributed by atoms with Crippen LogP contribution in [0.1, 0.15) is 0 Å². The van der Waals surface area contributed by atoms with Crippen molar-refractivity contribution >= 4 is 10.8 Å². The summed E-state index contributed by atoms with van der Waals surface area (Å²) in [5.41, 5.74) is 0. The van der Waals surface area contributed by atoms with Crippen molar-refractivity contribution in [1.29, 1.82) is 0 Å². The first-order chi connectivity index (χ1) is 7.47. The van der Waals surface area contributed by atoms with Gasteiger partial charge in [-0.05, 0) is 0 Å². The van der Waals surface area contributed by atoms with Crippen molar-refractivity contribution in [3.63, 3.8) is 0 Å². The first-order valence-electron chi connectivity index (χ1n) is 4.98. The molecule has 0 atom stereocenters. The van der Waals surface area contributed by atoms with E-state index in [1.165, 1.54) is 10.8 Å². The second-order valence-electron chi connectivity index (χ2n) is 3.23. The molecule has 0 nitrogen and oxygen atoms in total. The minimum Gasteiger partial charge on any atom is -0.269 e. The number of rotatable bonds is 0. The monoisotopic (exact) mass is 432 g/mol. The molecule has 0 spiro atoms. The topological polar surface area (TPSA) is 0 Å². The Morgan fingerprint density at radius 2 is 1.37 bits per heavy atom. The first-order valence-corrected chi connectivity index (χ1v) is 4.98. The van der Waals surface area contributed by atoms with Crippen LogP contribution in [0.2, 0.25) is 0 Å². The fourth-order valence-corrected chi connectivity index (χ4v) is 1.41. The summed E-state index contributed by atoms with van der Waals surface area (Å²) in [5, 5.41) is 2.66. The van der Waals surface area contributed by atoms with Crippen LogP contribution in [-0.4, -0.2) is 0 Å². The van der Waals surface area contributed by atoms with Gasteiger partial charge in [-0.1, -0.05) is 6.07 Å². The summed E-state index contributed by atoms with van der Waals surface area (Å²) < 4.78 is 0. The van der Waals surface area contributed by atoms with Crippen LogP contribution in [0.3, 0.4) is 0 Å². The molecule has 0 aliphatic rings. The Bertz CT molecular complexity index is 452. The molecule has 0 saturated heterocycles. The molecule has 3 aromatic rings. The summed E-state index contributed by atoms with van der Waals surface area (Å²) in [6.45, 7) is 0. The van der Waals surface area contributed by atoms with E-state index < -0.39 is 0 Å². The maximum absolute atomic E-state index is 2.89. The van der Waals surface area contributed by atoms with Gasteiger partial charge in [0.1, 0.15) is 0 Å². The summed E-state index contributed by atoms with van der Waals surface area (Å²) in [4.78, 5) is 0. The standard InChI is InChI=1S/C9H7.C6H5.3FH.Hf/c1-2-5-9-7-3-6-8(9)4-1;1-2-4-6-5-3-1;;;;/h1-7H;1-5H;3*1H;/q2*-1;;;;. The molecule has 0 fully saturated rings. The van der Waals surface area contributed by atoms with Gasteiger partial charge in [-0.3, -0.25) is 14.1 Å². The number of halogens is 3. The molecule has 3 aromatic carbocycles. The number of hydrogen-bond donors (Lipinski definition) is 0. The maximum atomic E-state index is 2.89. The zero-order chi connectivity index (χ0) is 10.3. The van der Waals surface area contributed by atoms with Crippen molar-refractivity contribution in [3.8, 4) is 0 Å². The largest absolute Gasteiger partial charge is 0.269 e. The molecule has 0 aliphatic carbocycles. The third kappa shape index (κ3) is 7.67. The Balaban J connectivity index is -0.000000234. The molecule has 0 aromatic heterocycles. The number of hydrogen-bond acceptors (Lipinski definition) is 0. The Labute approximate surface area is 129 Å². The fourth-order valence-electron chi connectivity index (χ4n) is 1.41. The average molecular weight is 431 g/mol. The van der Waals surface area contributed by atoms with Crippen molar-refractivity contribution in [2.75, 3.05) is 0 Å². The molecular formula is C15H15F3Hf-2. The van der Waals surface area contributed by atoms with Gasteiger partial charge in [0.05, 0.1) is 0 Å². The third-order valence-corrected chi connectivity index (χ3v) is 2.15. The number of benzene rings is 2. The summed E-state index contributed by atoms with van der Waals surface area (Å²) in [5.74, 6) is 0. The van der Waals surface area contributed by atoms with Gasteiger partial charge < -0.3 is 0 Å². The van der Waals surface area contributed by atoms with Gasteiger partial charge in [0.25, 0.3) is 0 Å². The van der Waals surface area contributed by atoms with Gasteiger partial charge in [-0.25, -0.2) is 0 Å². The van der Waals surface area contributed by atoms with E-state index >= 15 is 0 Å². The van der Waals surface area contributed by atoms with Gasteiger partial charge in [0.2, 0.25) is 0 Å². The van der Waals surface area contributed by atoms with E-state index in [9.17, 15) is 0 Å². The molecule has 0 N–H and O–H groups in total. The molecule has 0 amide bonds. The predicted octanol–water partition coefficient (Wildman–Crippen LogP) is 4.50. The van der Waals surface area contributed by atoms with Gasteiger partial charge in [-0.2, -0.15) is 53.9 Å². The molecule has 4 heteroatoms. The molecule has 19 heavy (non-hydrogen) atoms. The van der Waals surface area contributed by atoms with Gasteiger partial charge in [0, 0.05) is 25.8 Å². The van der Waals surface area contributed by atoms with Crippen LogP contribution >= 0.6 is 0 Å². The second kappa shape index (κ2) is 13.1. The molecule has 0 aliphatic heterocycles. The molecule has 0 saturated carbocycles. The average Bonchev–Trinajstić information content (AvgIpc) is 2.80. The quantitative estimate of drug-likeness (QED) is 0.364. The molecule has 3 rings (SSSR count).